The Bertz CT molecular complexity index is 560. The number of fused-ring (bicyclic) bond motifs is 1. The zero-order valence-corrected chi connectivity index (χ0v) is 11.0. The Hall–Kier alpha value is -1.94. The number of hydrogen-bond donors (Lipinski definition) is 0. The Morgan fingerprint density at radius 2 is 1.95 bits per heavy atom. The van der Waals surface area contributed by atoms with Gasteiger partial charge in [-0.05, 0) is 41.8 Å². The normalized spacial score (nSPS) is 17.9. The Morgan fingerprint density at radius 3 is 2.63 bits per heavy atom. The number of rotatable bonds is 3. The first-order valence-corrected chi connectivity index (χ1v) is 6.23. The van der Waals surface area contributed by atoms with E-state index in [9.17, 15) is 0 Å². The molecule has 0 fully saturated rings. The van der Waals surface area contributed by atoms with Gasteiger partial charge in [0.25, 0.3) is 0 Å². The molecule has 1 atom stereocenters. The molecular weight excluding hydrogens is 244 g/mol. The molecule has 2 aromatic rings. The Balaban J connectivity index is 2.08. The maximum Gasteiger partial charge on any atom is 0.161 e. The molecule has 1 aromatic heterocycles. The molecule has 2 heterocycles. The predicted octanol–water partition coefficient (Wildman–Crippen LogP) is 2.96. The highest BCUT2D eigenvalue weighted by Crippen LogP contribution is 2.39. The zero-order chi connectivity index (χ0) is 13.2. The molecule has 1 unspecified atom stereocenters. The summed E-state index contributed by atoms with van der Waals surface area (Å²) in [5.74, 6) is 2.28. The van der Waals surface area contributed by atoms with Gasteiger partial charge in [0.1, 0.15) is 11.9 Å². The van der Waals surface area contributed by atoms with E-state index in [4.69, 9.17) is 18.6 Å². The fourth-order valence-electron chi connectivity index (χ4n) is 2.45. The lowest BCUT2D eigenvalue weighted by atomic mass is 9.95. The predicted molar refractivity (Wildman–Crippen MR) is 69.8 cm³/mol. The number of hydrogen-bond acceptors (Lipinski definition) is 4. The highest BCUT2D eigenvalue weighted by atomic mass is 16.5. The average molecular weight is 260 g/mol. The molecule has 0 bridgehead atoms. The number of methoxy groups -OCH3 is 2. The van der Waals surface area contributed by atoms with E-state index >= 15 is 0 Å². The second kappa shape index (κ2) is 4.97. The second-order valence-electron chi connectivity index (χ2n) is 4.42. The van der Waals surface area contributed by atoms with Crippen LogP contribution in [0.4, 0.5) is 0 Å². The van der Waals surface area contributed by atoms with E-state index in [-0.39, 0.29) is 6.10 Å². The number of benzene rings is 1. The fraction of sp³-hybridized carbons (Fsp3) is 0.333. The van der Waals surface area contributed by atoms with Crippen LogP contribution in [0.1, 0.15) is 23.0 Å². The highest BCUT2D eigenvalue weighted by molar-refractivity contribution is 5.50. The van der Waals surface area contributed by atoms with Crippen molar-refractivity contribution in [2.45, 2.75) is 12.5 Å². The third kappa shape index (κ3) is 2.08. The summed E-state index contributed by atoms with van der Waals surface area (Å²) < 4.78 is 22.0. The van der Waals surface area contributed by atoms with Crippen molar-refractivity contribution in [3.8, 4) is 11.5 Å². The van der Waals surface area contributed by atoms with Crippen molar-refractivity contribution in [1.29, 1.82) is 0 Å². The fourth-order valence-corrected chi connectivity index (χ4v) is 2.45. The molecule has 0 aliphatic carbocycles. The van der Waals surface area contributed by atoms with Crippen LogP contribution in [-0.4, -0.2) is 20.8 Å². The molecule has 0 saturated heterocycles. The lowest BCUT2D eigenvalue weighted by molar-refractivity contribution is 0.0549. The SMILES string of the molecule is COc1cc2c(cc1OC)C(c1ccco1)OCC2. The van der Waals surface area contributed by atoms with E-state index in [0.717, 1.165) is 23.5 Å². The van der Waals surface area contributed by atoms with Crippen LogP contribution in [0.5, 0.6) is 11.5 Å². The smallest absolute Gasteiger partial charge is 0.161 e. The van der Waals surface area contributed by atoms with Gasteiger partial charge >= 0.3 is 0 Å². The highest BCUT2D eigenvalue weighted by Gasteiger charge is 2.26. The van der Waals surface area contributed by atoms with Crippen LogP contribution < -0.4 is 9.47 Å². The van der Waals surface area contributed by atoms with Crippen LogP contribution in [-0.2, 0) is 11.2 Å². The van der Waals surface area contributed by atoms with Crippen LogP contribution in [0.25, 0.3) is 0 Å². The van der Waals surface area contributed by atoms with Gasteiger partial charge in [-0.3, -0.25) is 0 Å². The van der Waals surface area contributed by atoms with Gasteiger partial charge in [-0.25, -0.2) is 0 Å². The summed E-state index contributed by atoms with van der Waals surface area (Å²) in [6.07, 6.45) is 2.36. The van der Waals surface area contributed by atoms with Gasteiger partial charge < -0.3 is 18.6 Å². The van der Waals surface area contributed by atoms with Crippen molar-refractivity contribution in [2.24, 2.45) is 0 Å². The van der Waals surface area contributed by atoms with Gasteiger partial charge in [0, 0.05) is 0 Å². The summed E-state index contributed by atoms with van der Waals surface area (Å²) in [4.78, 5) is 0. The topological polar surface area (TPSA) is 40.8 Å². The first kappa shape index (κ1) is 12.1. The van der Waals surface area contributed by atoms with Crippen LogP contribution in [0, 0.1) is 0 Å². The lowest BCUT2D eigenvalue weighted by Crippen LogP contribution is -2.17. The Morgan fingerprint density at radius 1 is 1.16 bits per heavy atom. The standard InChI is InChI=1S/C15H16O4/c1-16-13-8-10-5-7-19-15(12-4-3-6-18-12)11(10)9-14(13)17-2/h3-4,6,8-9,15H,5,7H2,1-2H3. The van der Waals surface area contributed by atoms with Crippen molar-refractivity contribution in [3.05, 3.63) is 47.4 Å². The van der Waals surface area contributed by atoms with Crippen LogP contribution in [0.2, 0.25) is 0 Å². The molecule has 1 aliphatic heterocycles. The molecule has 1 aliphatic rings. The summed E-state index contributed by atoms with van der Waals surface area (Å²) in [7, 11) is 3.28. The summed E-state index contributed by atoms with van der Waals surface area (Å²) >= 11 is 0. The molecule has 3 rings (SSSR count). The Labute approximate surface area is 111 Å². The minimum Gasteiger partial charge on any atom is -0.493 e. The molecule has 100 valence electrons. The molecule has 4 heteroatoms. The summed E-state index contributed by atoms with van der Waals surface area (Å²) in [5, 5.41) is 0. The van der Waals surface area contributed by atoms with Gasteiger partial charge in [0.2, 0.25) is 0 Å². The maximum atomic E-state index is 5.83. The first-order valence-electron chi connectivity index (χ1n) is 6.23. The minimum atomic E-state index is -0.168. The van der Waals surface area contributed by atoms with E-state index in [1.807, 2.05) is 24.3 Å². The van der Waals surface area contributed by atoms with E-state index in [1.165, 1.54) is 5.56 Å². The van der Waals surface area contributed by atoms with E-state index in [0.29, 0.717) is 12.4 Å². The Kier molecular flexibility index (Phi) is 3.17. The molecule has 0 amide bonds. The van der Waals surface area contributed by atoms with Gasteiger partial charge in [-0.15, -0.1) is 0 Å². The van der Waals surface area contributed by atoms with Crippen molar-refractivity contribution < 1.29 is 18.6 Å². The van der Waals surface area contributed by atoms with Crippen molar-refractivity contribution in [3.63, 3.8) is 0 Å². The summed E-state index contributed by atoms with van der Waals surface area (Å²) in [5.41, 5.74) is 2.30. The van der Waals surface area contributed by atoms with E-state index in [1.54, 1.807) is 20.5 Å². The third-order valence-electron chi connectivity index (χ3n) is 3.39. The molecule has 4 nitrogen and oxygen atoms in total. The number of furan rings is 1. The van der Waals surface area contributed by atoms with E-state index < -0.39 is 0 Å². The van der Waals surface area contributed by atoms with Gasteiger partial charge in [-0.1, -0.05) is 0 Å². The molecule has 0 radical (unpaired) electrons. The van der Waals surface area contributed by atoms with Crippen LogP contribution in [0.3, 0.4) is 0 Å². The largest absolute Gasteiger partial charge is 0.493 e. The van der Waals surface area contributed by atoms with Crippen molar-refractivity contribution in [1.82, 2.24) is 0 Å². The summed E-state index contributed by atoms with van der Waals surface area (Å²) in [6, 6.07) is 7.79. The molecule has 19 heavy (non-hydrogen) atoms. The molecule has 0 N–H and O–H groups in total. The van der Waals surface area contributed by atoms with Crippen LogP contribution >= 0.6 is 0 Å². The molecule has 0 spiro atoms. The quantitative estimate of drug-likeness (QED) is 0.850. The van der Waals surface area contributed by atoms with Gasteiger partial charge in [-0.2, -0.15) is 0 Å². The number of ether oxygens (including phenoxy) is 3. The maximum absolute atomic E-state index is 5.83. The zero-order valence-electron chi connectivity index (χ0n) is 11.0. The van der Waals surface area contributed by atoms with Gasteiger partial charge in [0.15, 0.2) is 11.5 Å². The average Bonchev–Trinajstić information content (AvgIpc) is 2.99. The molecule has 1 aromatic carbocycles. The third-order valence-corrected chi connectivity index (χ3v) is 3.39. The van der Waals surface area contributed by atoms with Crippen LogP contribution in [0.15, 0.2) is 34.9 Å². The minimum absolute atomic E-state index is 0.168. The lowest BCUT2D eigenvalue weighted by Gasteiger charge is -2.26. The summed E-state index contributed by atoms with van der Waals surface area (Å²) in [6.45, 7) is 0.674. The van der Waals surface area contributed by atoms with Crippen molar-refractivity contribution in [2.75, 3.05) is 20.8 Å². The first-order chi connectivity index (χ1) is 9.33. The van der Waals surface area contributed by atoms with Crippen molar-refractivity contribution >= 4 is 0 Å². The monoisotopic (exact) mass is 260 g/mol. The molecule has 0 saturated carbocycles. The molecular formula is C15H16O4. The van der Waals surface area contributed by atoms with Gasteiger partial charge in [0.05, 0.1) is 27.1 Å². The van der Waals surface area contributed by atoms with E-state index in [2.05, 4.69) is 0 Å². The second-order valence-corrected chi connectivity index (χ2v) is 4.42.